The van der Waals surface area contributed by atoms with Crippen molar-refractivity contribution in [3.63, 3.8) is 0 Å². The number of nitrogens with one attached hydrogen (secondary N) is 1. The van der Waals surface area contributed by atoms with E-state index in [0.29, 0.717) is 11.1 Å². The lowest BCUT2D eigenvalue weighted by molar-refractivity contribution is -0.0582. The van der Waals surface area contributed by atoms with Gasteiger partial charge < -0.3 is 14.2 Å². The maximum absolute atomic E-state index is 12.7. The maximum Gasteiger partial charge on any atom is 0.338 e. The van der Waals surface area contributed by atoms with Gasteiger partial charge in [-0.1, -0.05) is 42.3 Å². The molecule has 1 aliphatic rings. The van der Waals surface area contributed by atoms with Crippen LogP contribution in [0.25, 0.3) is 0 Å². The minimum atomic E-state index is -0.884. The van der Waals surface area contributed by atoms with E-state index < -0.39 is 41.6 Å². The molecule has 1 aromatic heterocycles. The Morgan fingerprint density at radius 1 is 1.03 bits per heavy atom. The first-order chi connectivity index (χ1) is 17.0. The Balaban J connectivity index is 1.57. The molecule has 0 spiro atoms. The highest BCUT2D eigenvalue weighted by Gasteiger charge is 2.40. The summed E-state index contributed by atoms with van der Waals surface area (Å²) in [4.78, 5) is 51.8. The number of esters is 2. The van der Waals surface area contributed by atoms with E-state index in [1.165, 1.54) is 10.8 Å². The largest absolute Gasteiger partial charge is 0.459 e. The lowest BCUT2D eigenvalue weighted by Crippen LogP contribution is -2.34. The first-order valence-electron chi connectivity index (χ1n) is 10.9. The molecular weight excluding hydrogens is 452 g/mol. The van der Waals surface area contributed by atoms with Gasteiger partial charge in [0.2, 0.25) is 0 Å². The molecular formula is C26H22N2O7. The molecule has 1 fully saturated rings. The SMILES string of the molecule is CC#Cc1cn([C@H]2C[C@H](OC(=O)c3ccccc3)[C@@H](COC(=O)c3ccccc3)O2)c(=O)[nH]c1=O. The standard InChI is InChI=1S/C26H22N2O7/c1-2-9-19-15-28(26(32)27-23(19)29)22-14-20(35-25(31)18-12-7-4-8-13-18)21(34-22)16-33-24(30)17-10-5-3-6-11-17/h3-8,10-13,15,20-22H,14,16H2,1H3,(H,27,29,32)/t20-,21+,22+/m0/s1. The highest BCUT2D eigenvalue weighted by atomic mass is 16.6. The number of ether oxygens (including phenoxy) is 3. The zero-order valence-corrected chi connectivity index (χ0v) is 18.8. The van der Waals surface area contributed by atoms with Gasteiger partial charge >= 0.3 is 17.6 Å². The third kappa shape index (κ3) is 5.57. The van der Waals surface area contributed by atoms with Crippen LogP contribution in [0.1, 0.15) is 45.9 Å². The molecule has 178 valence electrons. The molecule has 0 radical (unpaired) electrons. The zero-order valence-electron chi connectivity index (χ0n) is 18.8. The van der Waals surface area contributed by atoms with E-state index >= 15 is 0 Å². The van der Waals surface area contributed by atoms with Gasteiger partial charge in [0.05, 0.1) is 11.1 Å². The van der Waals surface area contributed by atoms with Crippen LogP contribution in [-0.2, 0) is 14.2 Å². The molecule has 9 heteroatoms. The third-order valence-corrected chi connectivity index (χ3v) is 5.37. The minimum absolute atomic E-state index is 0.0903. The smallest absolute Gasteiger partial charge is 0.338 e. The van der Waals surface area contributed by atoms with Gasteiger partial charge in [0.1, 0.15) is 30.6 Å². The molecule has 3 aromatic rings. The van der Waals surface area contributed by atoms with Crippen molar-refractivity contribution in [2.45, 2.75) is 31.8 Å². The molecule has 2 heterocycles. The summed E-state index contributed by atoms with van der Waals surface area (Å²) in [6, 6.07) is 16.8. The minimum Gasteiger partial charge on any atom is -0.459 e. The maximum atomic E-state index is 12.7. The van der Waals surface area contributed by atoms with Crippen LogP contribution in [-0.4, -0.2) is 40.3 Å². The summed E-state index contributed by atoms with van der Waals surface area (Å²) in [6.07, 6.45) is -1.16. The van der Waals surface area contributed by atoms with Gasteiger partial charge in [-0.3, -0.25) is 14.3 Å². The van der Waals surface area contributed by atoms with Crippen LogP contribution in [0.15, 0.2) is 76.4 Å². The molecule has 0 bridgehead atoms. The third-order valence-electron chi connectivity index (χ3n) is 5.37. The van der Waals surface area contributed by atoms with Crippen molar-refractivity contribution >= 4 is 11.9 Å². The topological polar surface area (TPSA) is 117 Å². The number of nitrogens with zero attached hydrogens (tertiary/aromatic N) is 1. The highest BCUT2D eigenvalue weighted by Crippen LogP contribution is 2.31. The fraction of sp³-hybridized carbons (Fsp3) is 0.231. The number of carbonyl (C=O) groups is 2. The summed E-state index contributed by atoms with van der Waals surface area (Å²) in [6.45, 7) is 1.35. The van der Waals surface area contributed by atoms with Gasteiger partial charge in [0.15, 0.2) is 0 Å². The average molecular weight is 474 g/mol. The predicted octanol–water partition coefficient (Wildman–Crippen LogP) is 2.28. The summed E-state index contributed by atoms with van der Waals surface area (Å²) in [5.74, 6) is 4.12. The van der Waals surface area contributed by atoms with Gasteiger partial charge in [0, 0.05) is 12.6 Å². The van der Waals surface area contributed by atoms with E-state index in [-0.39, 0.29) is 18.6 Å². The molecule has 0 aliphatic carbocycles. The van der Waals surface area contributed by atoms with Crippen molar-refractivity contribution in [1.82, 2.24) is 9.55 Å². The second kappa shape index (κ2) is 10.7. The molecule has 0 saturated carbocycles. The lowest BCUT2D eigenvalue weighted by atomic mass is 10.1. The molecule has 3 atom stereocenters. The van der Waals surface area contributed by atoms with E-state index in [0.717, 1.165) is 0 Å². The molecule has 35 heavy (non-hydrogen) atoms. The predicted molar refractivity (Wildman–Crippen MR) is 125 cm³/mol. The summed E-state index contributed by atoms with van der Waals surface area (Å²) in [7, 11) is 0. The summed E-state index contributed by atoms with van der Waals surface area (Å²) in [5, 5.41) is 0. The van der Waals surface area contributed by atoms with Gasteiger partial charge in [-0.2, -0.15) is 0 Å². The van der Waals surface area contributed by atoms with Crippen LogP contribution in [0.2, 0.25) is 0 Å². The number of benzene rings is 2. The van der Waals surface area contributed by atoms with Gasteiger partial charge in [-0.15, -0.1) is 5.92 Å². The Morgan fingerprint density at radius 2 is 1.66 bits per heavy atom. The number of hydrogen-bond donors (Lipinski definition) is 1. The van der Waals surface area contributed by atoms with Crippen LogP contribution in [0, 0.1) is 11.8 Å². The Kier molecular flexibility index (Phi) is 7.24. The van der Waals surface area contributed by atoms with Crippen molar-refractivity contribution in [3.05, 3.63) is 104 Å². The van der Waals surface area contributed by atoms with E-state index in [4.69, 9.17) is 14.2 Å². The lowest BCUT2D eigenvalue weighted by Gasteiger charge is -2.19. The van der Waals surface area contributed by atoms with E-state index in [1.54, 1.807) is 67.6 Å². The van der Waals surface area contributed by atoms with E-state index in [1.807, 2.05) is 0 Å². The number of aromatic amines is 1. The number of hydrogen-bond acceptors (Lipinski definition) is 7. The first-order valence-corrected chi connectivity index (χ1v) is 10.9. The molecule has 4 rings (SSSR count). The van der Waals surface area contributed by atoms with Crippen molar-refractivity contribution in [3.8, 4) is 11.8 Å². The molecule has 1 aliphatic heterocycles. The number of H-pyrrole nitrogens is 1. The van der Waals surface area contributed by atoms with Crippen LogP contribution in [0.4, 0.5) is 0 Å². The Labute approximate surface area is 200 Å². The van der Waals surface area contributed by atoms with E-state index in [2.05, 4.69) is 16.8 Å². The van der Waals surface area contributed by atoms with Gasteiger partial charge in [0.25, 0.3) is 5.56 Å². The molecule has 9 nitrogen and oxygen atoms in total. The first kappa shape index (κ1) is 23.7. The van der Waals surface area contributed by atoms with Crippen LogP contribution < -0.4 is 11.2 Å². The monoisotopic (exact) mass is 474 g/mol. The number of carbonyl (C=O) groups excluding carboxylic acids is 2. The van der Waals surface area contributed by atoms with Gasteiger partial charge in [-0.05, 0) is 31.2 Å². The van der Waals surface area contributed by atoms with Crippen molar-refractivity contribution in [1.29, 1.82) is 0 Å². The summed E-state index contributed by atoms with van der Waals surface area (Å²) < 4.78 is 18.2. The molecule has 1 N–H and O–H groups in total. The normalized spacial score (nSPS) is 18.8. The fourth-order valence-corrected chi connectivity index (χ4v) is 3.66. The summed E-state index contributed by atoms with van der Waals surface area (Å²) in [5.41, 5.74) is -0.514. The number of aromatic nitrogens is 2. The Hall–Kier alpha value is -4.42. The van der Waals surface area contributed by atoms with Gasteiger partial charge in [-0.25, -0.2) is 14.4 Å². The van der Waals surface area contributed by atoms with Crippen molar-refractivity contribution in [2.24, 2.45) is 0 Å². The number of rotatable bonds is 6. The quantitative estimate of drug-likeness (QED) is 0.430. The zero-order chi connectivity index (χ0) is 24.8. The van der Waals surface area contributed by atoms with E-state index in [9.17, 15) is 19.2 Å². The molecule has 2 aromatic carbocycles. The van der Waals surface area contributed by atoms with Crippen molar-refractivity contribution in [2.75, 3.05) is 6.61 Å². The highest BCUT2D eigenvalue weighted by molar-refractivity contribution is 5.90. The molecule has 1 saturated heterocycles. The molecule has 0 amide bonds. The Morgan fingerprint density at radius 3 is 2.29 bits per heavy atom. The molecule has 0 unspecified atom stereocenters. The average Bonchev–Trinajstić information content (AvgIpc) is 3.27. The fourth-order valence-electron chi connectivity index (χ4n) is 3.66. The second-order valence-electron chi connectivity index (χ2n) is 7.72. The summed E-state index contributed by atoms with van der Waals surface area (Å²) >= 11 is 0. The van der Waals surface area contributed by atoms with Crippen LogP contribution in [0.5, 0.6) is 0 Å². The Bertz CT molecular complexity index is 1380. The van der Waals surface area contributed by atoms with Crippen LogP contribution >= 0.6 is 0 Å². The van der Waals surface area contributed by atoms with Crippen molar-refractivity contribution < 1.29 is 23.8 Å². The van der Waals surface area contributed by atoms with Crippen LogP contribution in [0.3, 0.4) is 0 Å². The second-order valence-corrected chi connectivity index (χ2v) is 7.72.